The van der Waals surface area contributed by atoms with Crippen LogP contribution in [0.2, 0.25) is 0 Å². The predicted molar refractivity (Wildman–Crippen MR) is 79.5 cm³/mol. The molecule has 0 spiro atoms. The molecule has 0 heterocycles. The maximum Gasteiger partial charge on any atom is 0.258 e. The molecule has 21 heavy (non-hydrogen) atoms. The zero-order valence-corrected chi connectivity index (χ0v) is 11.5. The zero-order chi connectivity index (χ0) is 15.2. The van der Waals surface area contributed by atoms with E-state index in [1.54, 1.807) is 18.2 Å². The molecule has 2 aromatic rings. The molecule has 0 saturated heterocycles. The van der Waals surface area contributed by atoms with E-state index in [1.165, 1.54) is 24.4 Å². The Kier molecular flexibility index (Phi) is 4.66. The second-order valence-corrected chi connectivity index (χ2v) is 4.61. The molecule has 0 aliphatic carbocycles. The molecular weight excluding hydrogens is 271 g/mol. The number of halogens is 1. The number of nitrogens with zero attached hydrogens (tertiary/aromatic N) is 1. The first-order valence-corrected chi connectivity index (χ1v) is 6.45. The lowest BCUT2D eigenvalue weighted by molar-refractivity contribution is 0.102. The van der Waals surface area contributed by atoms with E-state index in [9.17, 15) is 9.18 Å². The van der Waals surface area contributed by atoms with Gasteiger partial charge < -0.3 is 10.5 Å². The van der Waals surface area contributed by atoms with Crippen molar-refractivity contribution in [3.05, 3.63) is 65.5 Å². The second kappa shape index (κ2) is 6.65. The van der Waals surface area contributed by atoms with Gasteiger partial charge in [-0.2, -0.15) is 0 Å². The zero-order valence-electron chi connectivity index (χ0n) is 11.5. The fourth-order valence-electron chi connectivity index (χ4n) is 1.90. The molecule has 1 unspecified atom stereocenters. The van der Waals surface area contributed by atoms with Gasteiger partial charge in [-0.25, -0.2) is 4.39 Å². The van der Waals surface area contributed by atoms with Crippen molar-refractivity contribution in [2.75, 3.05) is 5.32 Å². The average molecular weight is 286 g/mol. The fourth-order valence-corrected chi connectivity index (χ4v) is 1.90. The number of amides is 1. The van der Waals surface area contributed by atoms with Gasteiger partial charge in [-0.15, -0.1) is 5.16 Å². The van der Waals surface area contributed by atoms with Crippen molar-refractivity contribution in [3.63, 3.8) is 0 Å². The van der Waals surface area contributed by atoms with E-state index in [-0.39, 0.29) is 11.5 Å². The van der Waals surface area contributed by atoms with Crippen LogP contribution in [0.3, 0.4) is 0 Å². The highest BCUT2D eigenvalue weighted by molar-refractivity contribution is 6.04. The van der Waals surface area contributed by atoms with Gasteiger partial charge in [0, 0.05) is 11.6 Å². The van der Waals surface area contributed by atoms with Crippen LogP contribution < -0.4 is 5.32 Å². The highest BCUT2D eigenvalue weighted by Crippen LogP contribution is 2.17. The molecule has 0 aliphatic rings. The summed E-state index contributed by atoms with van der Waals surface area (Å²) in [6, 6.07) is 12.9. The molecule has 1 atom stereocenters. The Bertz CT molecular complexity index is 654. The summed E-state index contributed by atoms with van der Waals surface area (Å²) in [6.07, 6.45) is 1.41. The number of rotatable bonds is 4. The van der Waals surface area contributed by atoms with Crippen molar-refractivity contribution in [1.29, 1.82) is 0 Å². The summed E-state index contributed by atoms with van der Waals surface area (Å²) in [7, 11) is 0. The monoisotopic (exact) mass is 286 g/mol. The number of carbonyl (C=O) groups is 1. The maximum absolute atomic E-state index is 13.5. The van der Waals surface area contributed by atoms with Crippen LogP contribution in [0.15, 0.2) is 53.7 Å². The van der Waals surface area contributed by atoms with Crippen molar-refractivity contribution in [1.82, 2.24) is 0 Å². The van der Waals surface area contributed by atoms with Crippen LogP contribution in [0.5, 0.6) is 0 Å². The minimum absolute atomic E-state index is 0.00218. The Balaban J connectivity index is 2.10. The van der Waals surface area contributed by atoms with Crippen LogP contribution >= 0.6 is 0 Å². The Morgan fingerprint density at radius 1 is 1.24 bits per heavy atom. The maximum atomic E-state index is 13.5. The molecule has 2 aromatic carbocycles. The van der Waals surface area contributed by atoms with Gasteiger partial charge in [-0.05, 0) is 29.8 Å². The average Bonchev–Trinajstić information content (AvgIpc) is 2.48. The molecular formula is C16H15FN2O2. The molecule has 0 aromatic heterocycles. The number of oxime groups is 1. The van der Waals surface area contributed by atoms with Crippen LogP contribution in [-0.4, -0.2) is 17.3 Å². The van der Waals surface area contributed by atoms with Crippen LogP contribution in [-0.2, 0) is 0 Å². The number of anilines is 1. The van der Waals surface area contributed by atoms with Gasteiger partial charge in [0.1, 0.15) is 5.82 Å². The smallest absolute Gasteiger partial charge is 0.258 e. The van der Waals surface area contributed by atoms with Gasteiger partial charge in [0.15, 0.2) is 0 Å². The molecule has 0 bridgehead atoms. The van der Waals surface area contributed by atoms with Crippen molar-refractivity contribution < 1.29 is 14.4 Å². The number of carbonyl (C=O) groups excluding carboxylic acids is 1. The summed E-state index contributed by atoms with van der Waals surface area (Å²) < 4.78 is 13.5. The first-order chi connectivity index (χ1) is 10.1. The molecule has 2 N–H and O–H groups in total. The molecule has 2 rings (SSSR count). The van der Waals surface area contributed by atoms with E-state index in [0.29, 0.717) is 5.69 Å². The topological polar surface area (TPSA) is 61.7 Å². The van der Waals surface area contributed by atoms with Gasteiger partial charge in [0.2, 0.25) is 0 Å². The van der Waals surface area contributed by atoms with Crippen LogP contribution in [0.4, 0.5) is 10.1 Å². The Morgan fingerprint density at radius 3 is 2.52 bits per heavy atom. The van der Waals surface area contributed by atoms with Crippen molar-refractivity contribution in [2.45, 2.75) is 12.8 Å². The summed E-state index contributed by atoms with van der Waals surface area (Å²) >= 11 is 0. The van der Waals surface area contributed by atoms with Crippen LogP contribution in [0, 0.1) is 5.82 Å². The highest BCUT2D eigenvalue weighted by Gasteiger charge is 2.11. The van der Waals surface area contributed by atoms with E-state index in [4.69, 9.17) is 5.21 Å². The number of benzene rings is 2. The predicted octanol–water partition coefficient (Wildman–Crippen LogP) is 3.64. The SMILES string of the molecule is CC(C=NO)c1ccc(NC(=O)c2ccccc2F)cc1. The Morgan fingerprint density at radius 2 is 1.90 bits per heavy atom. The first-order valence-electron chi connectivity index (χ1n) is 6.45. The van der Waals surface area contributed by atoms with Gasteiger partial charge in [0.25, 0.3) is 5.91 Å². The van der Waals surface area contributed by atoms with E-state index < -0.39 is 11.7 Å². The lowest BCUT2D eigenvalue weighted by atomic mass is 10.0. The quantitative estimate of drug-likeness (QED) is 0.512. The summed E-state index contributed by atoms with van der Waals surface area (Å²) in [4.78, 5) is 12.0. The third kappa shape index (κ3) is 3.66. The molecule has 5 heteroatoms. The lowest BCUT2D eigenvalue weighted by Crippen LogP contribution is -2.13. The third-order valence-corrected chi connectivity index (χ3v) is 3.10. The van der Waals surface area contributed by atoms with Crippen LogP contribution in [0.25, 0.3) is 0 Å². The standard InChI is InChI=1S/C16H15FN2O2/c1-11(10-18-21)12-6-8-13(9-7-12)19-16(20)14-4-2-3-5-15(14)17/h2-11,21H,1H3,(H,19,20). The van der Waals surface area contributed by atoms with Gasteiger partial charge in [-0.1, -0.05) is 31.2 Å². The molecule has 4 nitrogen and oxygen atoms in total. The number of nitrogens with one attached hydrogen (secondary N) is 1. The summed E-state index contributed by atoms with van der Waals surface area (Å²) in [5.41, 5.74) is 1.51. The van der Waals surface area contributed by atoms with Crippen LogP contribution in [0.1, 0.15) is 28.8 Å². The molecule has 0 saturated carbocycles. The Hall–Kier alpha value is -2.69. The van der Waals surface area contributed by atoms with E-state index >= 15 is 0 Å². The van der Waals surface area contributed by atoms with E-state index in [1.807, 2.05) is 19.1 Å². The fraction of sp³-hybridized carbons (Fsp3) is 0.125. The molecule has 0 aliphatic heterocycles. The number of hydrogen-bond donors (Lipinski definition) is 2. The van der Waals surface area contributed by atoms with Crippen molar-refractivity contribution in [2.24, 2.45) is 5.16 Å². The van der Waals surface area contributed by atoms with Gasteiger partial charge >= 0.3 is 0 Å². The Labute approximate surface area is 121 Å². The van der Waals surface area contributed by atoms with Gasteiger partial charge in [-0.3, -0.25) is 4.79 Å². The molecule has 108 valence electrons. The normalized spacial score (nSPS) is 12.3. The second-order valence-electron chi connectivity index (χ2n) is 4.61. The minimum Gasteiger partial charge on any atom is -0.411 e. The number of hydrogen-bond acceptors (Lipinski definition) is 3. The van der Waals surface area contributed by atoms with Crippen molar-refractivity contribution >= 4 is 17.8 Å². The highest BCUT2D eigenvalue weighted by atomic mass is 19.1. The molecule has 0 fully saturated rings. The largest absolute Gasteiger partial charge is 0.411 e. The first kappa shape index (κ1) is 14.7. The summed E-state index contributed by atoms with van der Waals surface area (Å²) in [6.45, 7) is 1.88. The van der Waals surface area contributed by atoms with E-state index in [2.05, 4.69) is 10.5 Å². The van der Waals surface area contributed by atoms with Crippen molar-refractivity contribution in [3.8, 4) is 0 Å². The molecule has 0 radical (unpaired) electrons. The lowest BCUT2D eigenvalue weighted by Gasteiger charge is -2.09. The summed E-state index contributed by atoms with van der Waals surface area (Å²) in [5, 5.41) is 14.1. The van der Waals surface area contributed by atoms with Gasteiger partial charge in [0.05, 0.1) is 11.8 Å². The minimum atomic E-state index is -0.556. The third-order valence-electron chi connectivity index (χ3n) is 3.10. The summed E-state index contributed by atoms with van der Waals surface area (Å²) in [5.74, 6) is -1.09. The molecule has 1 amide bonds. The van der Waals surface area contributed by atoms with E-state index in [0.717, 1.165) is 5.56 Å².